The number of furan rings is 3. The lowest BCUT2D eigenvalue weighted by atomic mass is 9.78. The Morgan fingerprint density at radius 1 is 0.592 bits per heavy atom. The topological polar surface area (TPSA) is 39.4 Å². The summed E-state index contributed by atoms with van der Waals surface area (Å²) in [6.07, 6.45) is 2.29. The molecule has 0 saturated heterocycles. The number of benzene rings is 5. The van der Waals surface area contributed by atoms with Crippen molar-refractivity contribution in [3.8, 4) is 34.0 Å². The molecule has 0 saturated carbocycles. The van der Waals surface area contributed by atoms with E-state index in [4.69, 9.17) is 13.3 Å². The molecular formula is C46H36O3. The summed E-state index contributed by atoms with van der Waals surface area (Å²) in [6, 6.07) is 36.7. The lowest BCUT2D eigenvalue weighted by Gasteiger charge is -2.24. The first kappa shape index (κ1) is 28.5. The molecule has 0 N–H and O–H groups in total. The van der Waals surface area contributed by atoms with E-state index in [-0.39, 0.29) is 10.8 Å². The van der Waals surface area contributed by atoms with Crippen LogP contribution in [0.3, 0.4) is 0 Å². The molecule has 0 radical (unpaired) electrons. The fourth-order valence-corrected chi connectivity index (χ4v) is 8.68. The third-order valence-electron chi connectivity index (χ3n) is 11.3. The molecule has 49 heavy (non-hydrogen) atoms. The first-order valence-electron chi connectivity index (χ1n) is 17.2. The SMILES string of the molecule is C/C(=C\c1ccccc1C)c1ccc2oc3c(c2c1)C(C)(C)c1cc2c(cc1-3)C(C)(C)c1c-2oc2ccc(-c3cc4ccccc4o3)cc12. The number of rotatable bonds is 3. The van der Waals surface area contributed by atoms with E-state index in [1.54, 1.807) is 0 Å². The Morgan fingerprint density at radius 2 is 1.20 bits per heavy atom. The van der Waals surface area contributed by atoms with Crippen molar-refractivity contribution in [2.75, 3.05) is 0 Å². The minimum absolute atomic E-state index is 0.245. The van der Waals surface area contributed by atoms with Gasteiger partial charge in [-0.15, -0.1) is 0 Å². The molecule has 8 aromatic rings. The molecule has 5 aromatic carbocycles. The van der Waals surface area contributed by atoms with Gasteiger partial charge in [0, 0.05) is 54.8 Å². The zero-order valence-corrected chi connectivity index (χ0v) is 28.6. The maximum absolute atomic E-state index is 6.74. The normalized spacial score (nSPS) is 15.6. The Labute approximate surface area is 285 Å². The summed E-state index contributed by atoms with van der Waals surface area (Å²) in [6.45, 7) is 13.7. The van der Waals surface area contributed by atoms with Gasteiger partial charge in [-0.2, -0.15) is 0 Å². The highest BCUT2D eigenvalue weighted by molar-refractivity contribution is 6.01. The first-order valence-corrected chi connectivity index (χ1v) is 17.2. The number of hydrogen-bond acceptors (Lipinski definition) is 3. The van der Waals surface area contributed by atoms with Crippen molar-refractivity contribution >= 4 is 44.6 Å². The molecule has 0 unspecified atom stereocenters. The Bertz CT molecular complexity index is 2700. The summed E-state index contributed by atoms with van der Waals surface area (Å²) in [5, 5.41) is 3.43. The highest BCUT2D eigenvalue weighted by Gasteiger charge is 2.46. The molecule has 0 atom stereocenters. The van der Waals surface area contributed by atoms with E-state index in [1.165, 1.54) is 61.0 Å². The van der Waals surface area contributed by atoms with Crippen LogP contribution in [0.2, 0.25) is 0 Å². The summed E-state index contributed by atoms with van der Waals surface area (Å²) in [7, 11) is 0. The molecule has 0 fully saturated rings. The van der Waals surface area contributed by atoms with E-state index < -0.39 is 0 Å². The van der Waals surface area contributed by atoms with Gasteiger partial charge in [0.05, 0.1) is 0 Å². The molecule has 0 spiro atoms. The van der Waals surface area contributed by atoms with Crippen LogP contribution in [0.1, 0.15) is 73.6 Å². The van der Waals surface area contributed by atoms with Crippen molar-refractivity contribution in [1.29, 1.82) is 0 Å². The van der Waals surface area contributed by atoms with E-state index in [1.807, 2.05) is 18.2 Å². The van der Waals surface area contributed by atoms with Crippen LogP contribution in [-0.2, 0) is 10.8 Å². The Hall–Kier alpha value is -5.54. The summed E-state index contributed by atoms with van der Waals surface area (Å²) >= 11 is 0. The zero-order chi connectivity index (χ0) is 33.4. The molecule has 3 heterocycles. The van der Waals surface area contributed by atoms with Crippen LogP contribution in [0.5, 0.6) is 0 Å². The Morgan fingerprint density at radius 3 is 1.88 bits per heavy atom. The van der Waals surface area contributed by atoms with Gasteiger partial charge in [-0.3, -0.25) is 0 Å². The molecule has 3 nitrogen and oxygen atoms in total. The van der Waals surface area contributed by atoms with Crippen LogP contribution < -0.4 is 0 Å². The van der Waals surface area contributed by atoms with E-state index in [2.05, 4.69) is 133 Å². The maximum atomic E-state index is 6.74. The highest BCUT2D eigenvalue weighted by Crippen LogP contribution is 2.59. The second kappa shape index (κ2) is 9.54. The standard InChI is InChI=1S/C46H36O3/c1-25-11-7-8-12-27(25)19-26(2)28-15-17-38-33(20-28)41-43(48-38)31-23-36-32(24-35(31)45(41,3)4)44-42(46(36,5)6)34-21-30(16-18-39(34)49-44)40-22-29-13-9-10-14-37(29)47-40/h7-24H,1-6H3/b26-19+. The van der Waals surface area contributed by atoms with E-state index in [0.717, 1.165) is 50.4 Å². The first-order chi connectivity index (χ1) is 23.6. The molecule has 3 heteroatoms. The van der Waals surface area contributed by atoms with E-state index >= 15 is 0 Å². The average molecular weight is 637 g/mol. The van der Waals surface area contributed by atoms with Crippen LogP contribution in [0.25, 0.3) is 78.5 Å². The number of aryl methyl sites for hydroxylation is 1. The summed E-state index contributed by atoms with van der Waals surface area (Å²) < 4.78 is 19.7. The van der Waals surface area contributed by atoms with Gasteiger partial charge >= 0.3 is 0 Å². The number of fused-ring (bicyclic) bond motifs is 11. The zero-order valence-electron chi connectivity index (χ0n) is 28.6. The lowest BCUT2D eigenvalue weighted by molar-refractivity contribution is 0.617. The van der Waals surface area contributed by atoms with Crippen molar-refractivity contribution in [3.05, 3.63) is 142 Å². The van der Waals surface area contributed by atoms with Gasteiger partial charge in [-0.1, -0.05) is 82.3 Å². The molecule has 0 amide bonds. The molecule has 0 aliphatic heterocycles. The molecular weight excluding hydrogens is 601 g/mol. The van der Waals surface area contributed by atoms with Crippen molar-refractivity contribution < 1.29 is 13.3 Å². The average Bonchev–Trinajstić information content (AvgIpc) is 3.87. The monoisotopic (exact) mass is 636 g/mol. The minimum Gasteiger partial charge on any atom is -0.456 e. The van der Waals surface area contributed by atoms with Crippen LogP contribution in [0.4, 0.5) is 0 Å². The predicted octanol–water partition coefficient (Wildman–Crippen LogP) is 13.1. The van der Waals surface area contributed by atoms with Crippen molar-refractivity contribution in [3.63, 3.8) is 0 Å². The van der Waals surface area contributed by atoms with Crippen molar-refractivity contribution in [2.45, 2.75) is 52.4 Å². The van der Waals surface area contributed by atoms with Gasteiger partial charge in [0.15, 0.2) is 0 Å². The van der Waals surface area contributed by atoms with Gasteiger partial charge in [-0.05, 0) is 102 Å². The van der Waals surface area contributed by atoms with Crippen LogP contribution in [0, 0.1) is 6.92 Å². The number of para-hydroxylation sites is 1. The predicted molar refractivity (Wildman–Crippen MR) is 201 cm³/mol. The maximum Gasteiger partial charge on any atom is 0.139 e. The Kier molecular flexibility index (Phi) is 5.54. The largest absolute Gasteiger partial charge is 0.456 e. The molecule has 0 bridgehead atoms. The molecule has 10 rings (SSSR count). The minimum atomic E-state index is -0.263. The van der Waals surface area contributed by atoms with Gasteiger partial charge in [-0.25, -0.2) is 0 Å². The van der Waals surface area contributed by atoms with Crippen LogP contribution in [0.15, 0.2) is 116 Å². The third-order valence-corrected chi connectivity index (χ3v) is 11.3. The molecule has 238 valence electrons. The summed E-state index contributed by atoms with van der Waals surface area (Å²) in [4.78, 5) is 0. The van der Waals surface area contributed by atoms with E-state index in [0.29, 0.717) is 0 Å². The van der Waals surface area contributed by atoms with E-state index in [9.17, 15) is 0 Å². The highest BCUT2D eigenvalue weighted by atomic mass is 16.3. The smallest absolute Gasteiger partial charge is 0.139 e. The van der Waals surface area contributed by atoms with Gasteiger partial charge < -0.3 is 13.3 Å². The fourth-order valence-electron chi connectivity index (χ4n) is 8.68. The van der Waals surface area contributed by atoms with Crippen molar-refractivity contribution in [2.24, 2.45) is 0 Å². The number of hydrogen-bond donors (Lipinski definition) is 0. The molecule has 2 aliphatic carbocycles. The quantitative estimate of drug-likeness (QED) is 0.181. The molecule has 3 aromatic heterocycles. The fraction of sp³-hybridized carbons (Fsp3) is 0.174. The number of allylic oxidation sites excluding steroid dienone is 1. The third kappa shape index (κ3) is 3.84. The van der Waals surface area contributed by atoms with Crippen LogP contribution >= 0.6 is 0 Å². The van der Waals surface area contributed by atoms with Crippen molar-refractivity contribution in [1.82, 2.24) is 0 Å². The van der Waals surface area contributed by atoms with Gasteiger partial charge in [0.1, 0.15) is 34.0 Å². The van der Waals surface area contributed by atoms with Gasteiger partial charge in [0.2, 0.25) is 0 Å². The summed E-state index contributed by atoms with van der Waals surface area (Å²) in [5.41, 5.74) is 15.7. The Balaban J connectivity index is 1.10. The summed E-state index contributed by atoms with van der Waals surface area (Å²) in [5.74, 6) is 2.84. The second-order valence-corrected chi connectivity index (χ2v) is 15.1. The van der Waals surface area contributed by atoms with Gasteiger partial charge in [0.25, 0.3) is 0 Å². The molecule has 2 aliphatic rings. The second-order valence-electron chi connectivity index (χ2n) is 15.1. The lowest BCUT2D eigenvalue weighted by Crippen LogP contribution is -2.17. The van der Waals surface area contributed by atoms with Crippen LogP contribution in [-0.4, -0.2) is 0 Å².